The second-order valence-corrected chi connectivity index (χ2v) is 10.2. The summed E-state index contributed by atoms with van der Waals surface area (Å²) in [5.41, 5.74) is 2.78. The quantitative estimate of drug-likeness (QED) is 0.129. The SMILES string of the molecule is COc1ccccc1/C=C(/NC(=O)c1ccccc1)C(=O)Nc1cccc(SCC(=O)Nc2ccc(NC(C)=O)cc2)c1. The van der Waals surface area contributed by atoms with Gasteiger partial charge in [-0.05, 0) is 66.7 Å². The Bertz CT molecular complexity index is 1640. The zero-order valence-electron chi connectivity index (χ0n) is 23.5. The van der Waals surface area contributed by atoms with Gasteiger partial charge in [0.1, 0.15) is 11.4 Å². The van der Waals surface area contributed by atoms with Crippen LogP contribution in [0, 0.1) is 0 Å². The summed E-state index contributed by atoms with van der Waals surface area (Å²) >= 11 is 1.30. The molecule has 0 atom stereocenters. The maximum atomic E-state index is 13.4. The van der Waals surface area contributed by atoms with E-state index in [1.807, 2.05) is 12.1 Å². The van der Waals surface area contributed by atoms with Crippen molar-refractivity contribution in [1.29, 1.82) is 0 Å². The first-order valence-electron chi connectivity index (χ1n) is 13.2. The van der Waals surface area contributed by atoms with Crippen LogP contribution < -0.4 is 26.0 Å². The summed E-state index contributed by atoms with van der Waals surface area (Å²) in [5.74, 6) is -0.668. The number of carbonyl (C=O) groups excluding carboxylic acids is 4. The van der Waals surface area contributed by atoms with Crippen molar-refractivity contribution in [3.63, 3.8) is 0 Å². The van der Waals surface area contributed by atoms with E-state index in [-0.39, 0.29) is 23.3 Å². The van der Waals surface area contributed by atoms with Gasteiger partial charge in [-0.1, -0.05) is 42.5 Å². The lowest BCUT2D eigenvalue weighted by Crippen LogP contribution is -2.30. The van der Waals surface area contributed by atoms with Crippen LogP contribution in [-0.4, -0.2) is 36.5 Å². The van der Waals surface area contributed by atoms with Gasteiger partial charge in [-0.2, -0.15) is 0 Å². The number of hydrogen-bond donors (Lipinski definition) is 4. The summed E-state index contributed by atoms with van der Waals surface area (Å²) < 4.78 is 5.41. The highest BCUT2D eigenvalue weighted by molar-refractivity contribution is 8.00. The molecule has 0 spiro atoms. The smallest absolute Gasteiger partial charge is 0.272 e. The second kappa shape index (κ2) is 15.0. The normalized spacial score (nSPS) is 10.8. The molecule has 0 bridgehead atoms. The lowest BCUT2D eigenvalue weighted by Gasteiger charge is -2.13. The molecule has 218 valence electrons. The van der Waals surface area contributed by atoms with Crippen molar-refractivity contribution in [2.24, 2.45) is 0 Å². The van der Waals surface area contributed by atoms with E-state index in [1.54, 1.807) is 97.1 Å². The molecule has 9 nitrogen and oxygen atoms in total. The number of methoxy groups -OCH3 is 1. The Labute approximate surface area is 253 Å². The molecule has 10 heteroatoms. The molecule has 4 aromatic rings. The van der Waals surface area contributed by atoms with E-state index < -0.39 is 11.8 Å². The van der Waals surface area contributed by atoms with Crippen LogP contribution in [0.3, 0.4) is 0 Å². The molecular weight excluding hydrogens is 564 g/mol. The standard InChI is InChI=1S/C33H30N4O5S/c1-22(38)34-25-15-17-26(18-16-25)35-31(39)21-43-28-13-8-12-27(20-28)36-33(41)29(19-24-11-6-7-14-30(24)42-2)37-32(40)23-9-4-3-5-10-23/h3-20H,21H2,1-2H3,(H,34,38)(H,35,39)(H,36,41)(H,37,40)/b29-19+. The molecule has 0 aliphatic rings. The molecule has 0 aliphatic carbocycles. The Morgan fingerprint density at radius 3 is 2.12 bits per heavy atom. The van der Waals surface area contributed by atoms with Gasteiger partial charge >= 0.3 is 0 Å². The zero-order chi connectivity index (χ0) is 30.6. The largest absolute Gasteiger partial charge is 0.496 e. The minimum atomic E-state index is -0.530. The van der Waals surface area contributed by atoms with E-state index in [2.05, 4.69) is 21.3 Å². The maximum Gasteiger partial charge on any atom is 0.272 e. The molecule has 0 heterocycles. The fourth-order valence-corrected chi connectivity index (χ4v) is 4.69. The summed E-state index contributed by atoms with van der Waals surface area (Å²) in [6, 6.07) is 29.6. The van der Waals surface area contributed by atoms with Gasteiger partial charge in [0.25, 0.3) is 11.8 Å². The number of benzene rings is 4. The van der Waals surface area contributed by atoms with Crippen LogP contribution in [0.5, 0.6) is 5.75 Å². The van der Waals surface area contributed by atoms with Gasteiger partial charge in [-0.3, -0.25) is 19.2 Å². The zero-order valence-corrected chi connectivity index (χ0v) is 24.4. The predicted molar refractivity (Wildman–Crippen MR) is 170 cm³/mol. The Morgan fingerprint density at radius 1 is 0.744 bits per heavy atom. The Morgan fingerprint density at radius 2 is 1.42 bits per heavy atom. The molecule has 0 saturated carbocycles. The number of ether oxygens (including phenoxy) is 1. The third-order valence-electron chi connectivity index (χ3n) is 5.92. The summed E-state index contributed by atoms with van der Waals surface area (Å²) in [6.07, 6.45) is 1.56. The Balaban J connectivity index is 1.43. The molecule has 43 heavy (non-hydrogen) atoms. The van der Waals surface area contributed by atoms with E-state index >= 15 is 0 Å². The van der Waals surface area contributed by atoms with Crippen molar-refractivity contribution in [3.8, 4) is 5.75 Å². The highest BCUT2D eigenvalue weighted by atomic mass is 32.2. The van der Waals surface area contributed by atoms with Crippen LogP contribution >= 0.6 is 11.8 Å². The average molecular weight is 595 g/mol. The van der Waals surface area contributed by atoms with Gasteiger partial charge in [0.05, 0.1) is 12.9 Å². The number of nitrogens with one attached hydrogen (secondary N) is 4. The molecule has 4 rings (SSSR count). The number of anilines is 3. The van der Waals surface area contributed by atoms with Crippen LogP contribution in [0.4, 0.5) is 17.1 Å². The minimum absolute atomic E-state index is 0.0281. The van der Waals surface area contributed by atoms with Crippen molar-refractivity contribution in [1.82, 2.24) is 5.32 Å². The molecule has 4 N–H and O–H groups in total. The van der Waals surface area contributed by atoms with Crippen molar-refractivity contribution >= 4 is 58.5 Å². The van der Waals surface area contributed by atoms with Crippen molar-refractivity contribution in [2.45, 2.75) is 11.8 Å². The first-order valence-corrected chi connectivity index (χ1v) is 14.2. The average Bonchev–Trinajstić information content (AvgIpc) is 3.01. The summed E-state index contributed by atoms with van der Waals surface area (Å²) in [5, 5.41) is 11.1. The Hall–Kier alpha value is -5.35. The van der Waals surface area contributed by atoms with Gasteiger partial charge in [0, 0.05) is 40.0 Å². The summed E-state index contributed by atoms with van der Waals surface area (Å²) in [7, 11) is 1.53. The van der Waals surface area contributed by atoms with Crippen LogP contribution in [0.2, 0.25) is 0 Å². The number of rotatable bonds is 11. The second-order valence-electron chi connectivity index (χ2n) is 9.20. The molecule has 0 fully saturated rings. The van der Waals surface area contributed by atoms with Crippen molar-refractivity contribution in [3.05, 3.63) is 120 Å². The number of carbonyl (C=O) groups is 4. The topological polar surface area (TPSA) is 126 Å². The molecule has 0 aliphatic heterocycles. The third-order valence-corrected chi connectivity index (χ3v) is 6.91. The van der Waals surface area contributed by atoms with Gasteiger partial charge in [0.2, 0.25) is 11.8 Å². The van der Waals surface area contributed by atoms with Crippen LogP contribution in [-0.2, 0) is 14.4 Å². The lowest BCUT2D eigenvalue weighted by atomic mass is 10.1. The van der Waals surface area contributed by atoms with Crippen LogP contribution in [0.1, 0.15) is 22.8 Å². The monoisotopic (exact) mass is 594 g/mol. The Kier molecular flexibility index (Phi) is 10.7. The molecule has 4 amide bonds. The highest BCUT2D eigenvalue weighted by Crippen LogP contribution is 2.24. The fraction of sp³-hybridized carbons (Fsp3) is 0.0909. The molecule has 4 aromatic carbocycles. The molecule has 0 unspecified atom stereocenters. The number of para-hydroxylation sites is 1. The van der Waals surface area contributed by atoms with Crippen LogP contribution in [0.15, 0.2) is 114 Å². The molecule has 0 radical (unpaired) electrons. The van der Waals surface area contributed by atoms with Gasteiger partial charge in [-0.25, -0.2) is 0 Å². The number of thioether (sulfide) groups is 1. The van der Waals surface area contributed by atoms with E-state index in [4.69, 9.17) is 4.74 Å². The predicted octanol–water partition coefficient (Wildman–Crippen LogP) is 5.79. The van der Waals surface area contributed by atoms with E-state index in [9.17, 15) is 19.2 Å². The third kappa shape index (κ3) is 9.34. The minimum Gasteiger partial charge on any atom is -0.496 e. The molecule has 0 aromatic heterocycles. The first-order chi connectivity index (χ1) is 20.8. The fourth-order valence-electron chi connectivity index (χ4n) is 3.93. The molecular formula is C33H30N4O5S. The van der Waals surface area contributed by atoms with Crippen molar-refractivity contribution < 1.29 is 23.9 Å². The maximum absolute atomic E-state index is 13.4. The van der Waals surface area contributed by atoms with Gasteiger partial charge < -0.3 is 26.0 Å². The van der Waals surface area contributed by atoms with E-state index in [0.717, 1.165) is 4.90 Å². The number of amides is 4. The lowest BCUT2D eigenvalue weighted by molar-refractivity contribution is -0.114. The van der Waals surface area contributed by atoms with E-state index in [0.29, 0.717) is 33.9 Å². The van der Waals surface area contributed by atoms with Gasteiger partial charge in [-0.15, -0.1) is 11.8 Å². The number of hydrogen-bond acceptors (Lipinski definition) is 6. The van der Waals surface area contributed by atoms with Crippen LogP contribution in [0.25, 0.3) is 6.08 Å². The molecule has 0 saturated heterocycles. The highest BCUT2D eigenvalue weighted by Gasteiger charge is 2.16. The van der Waals surface area contributed by atoms with Crippen molar-refractivity contribution in [2.75, 3.05) is 28.8 Å². The summed E-state index contributed by atoms with van der Waals surface area (Å²) in [4.78, 5) is 50.8. The van der Waals surface area contributed by atoms with E-state index in [1.165, 1.54) is 25.8 Å². The summed E-state index contributed by atoms with van der Waals surface area (Å²) in [6.45, 7) is 1.43. The first kappa shape index (κ1) is 30.6. The van der Waals surface area contributed by atoms with Gasteiger partial charge in [0.15, 0.2) is 0 Å².